The largest absolute Gasteiger partial charge is 0.430 e. The van der Waals surface area contributed by atoms with Crippen LogP contribution in [-0.4, -0.2) is 21.8 Å². The molecule has 0 fully saturated rings. The Labute approximate surface area is 76.2 Å². The number of carbonyl (C=O) groups is 1. The summed E-state index contributed by atoms with van der Waals surface area (Å²) in [5.74, 6) is -2.03. The van der Waals surface area contributed by atoms with Gasteiger partial charge in [-0.15, -0.1) is 0 Å². The third kappa shape index (κ3) is 3.21. The van der Waals surface area contributed by atoms with E-state index in [1.807, 2.05) is 0 Å². The minimum atomic E-state index is -1.45. The number of hydrogen-bond donors (Lipinski definition) is 1. The van der Waals surface area contributed by atoms with Gasteiger partial charge in [-0.25, -0.2) is 4.79 Å². The second kappa shape index (κ2) is 3.53. The summed E-state index contributed by atoms with van der Waals surface area (Å²) in [6.07, 6.45) is 2.94. The van der Waals surface area contributed by atoms with E-state index in [0.717, 1.165) is 0 Å². The van der Waals surface area contributed by atoms with Gasteiger partial charge in [-0.05, 0) is 12.1 Å². The maximum absolute atomic E-state index is 11.2. The highest BCUT2D eigenvalue weighted by molar-refractivity contribution is 5.89. The van der Waals surface area contributed by atoms with Crippen LogP contribution >= 0.6 is 0 Å². The fraction of sp³-hybridized carbons (Fsp3) is 0.333. The Balaban J connectivity index is 2.71. The molecular formula is C9H11NO3. The van der Waals surface area contributed by atoms with Crippen LogP contribution in [0.3, 0.4) is 0 Å². The first-order valence-electron chi connectivity index (χ1n) is 3.85. The zero-order valence-electron chi connectivity index (χ0n) is 7.52. The van der Waals surface area contributed by atoms with Crippen molar-refractivity contribution in [3.8, 4) is 0 Å². The van der Waals surface area contributed by atoms with Crippen LogP contribution in [0.2, 0.25) is 0 Å². The Morgan fingerprint density at radius 2 is 2.31 bits per heavy atom. The number of rotatable bonds is 2. The van der Waals surface area contributed by atoms with Crippen molar-refractivity contribution < 1.29 is 14.6 Å². The van der Waals surface area contributed by atoms with Crippen molar-refractivity contribution in [2.45, 2.75) is 19.6 Å². The van der Waals surface area contributed by atoms with Crippen LogP contribution in [0.4, 0.5) is 0 Å². The monoisotopic (exact) mass is 181 g/mol. The fourth-order valence-corrected chi connectivity index (χ4v) is 0.769. The van der Waals surface area contributed by atoms with Crippen LogP contribution in [0.1, 0.15) is 24.2 Å². The third-order valence-corrected chi connectivity index (χ3v) is 1.24. The van der Waals surface area contributed by atoms with Gasteiger partial charge in [-0.2, -0.15) is 0 Å². The molecule has 1 aromatic rings. The van der Waals surface area contributed by atoms with Crippen molar-refractivity contribution in [3.63, 3.8) is 0 Å². The van der Waals surface area contributed by atoms with Gasteiger partial charge in [-0.1, -0.05) is 0 Å². The van der Waals surface area contributed by atoms with E-state index in [9.17, 15) is 9.90 Å². The molecule has 0 aliphatic heterocycles. The lowest BCUT2D eigenvalue weighted by molar-refractivity contribution is -0.136. The second-order valence-electron chi connectivity index (χ2n) is 3.08. The summed E-state index contributed by atoms with van der Waals surface area (Å²) in [5.41, 5.74) is 0.324. The lowest BCUT2D eigenvalue weighted by Crippen LogP contribution is -2.27. The standard InChI is InChI=1S/C9H11NO3/c1-9(2,12)13-8(11)7-4-3-5-10-6-7/h3-6,12H,1-2H3. The normalized spacial score (nSPS) is 11.0. The van der Waals surface area contributed by atoms with Gasteiger partial charge >= 0.3 is 5.97 Å². The molecule has 1 N–H and O–H groups in total. The van der Waals surface area contributed by atoms with E-state index < -0.39 is 11.8 Å². The molecule has 70 valence electrons. The molecule has 0 aliphatic carbocycles. The van der Waals surface area contributed by atoms with Crippen LogP contribution in [0.15, 0.2) is 24.5 Å². The number of nitrogens with zero attached hydrogens (tertiary/aromatic N) is 1. The summed E-state index contributed by atoms with van der Waals surface area (Å²) in [6.45, 7) is 2.78. The number of carbonyl (C=O) groups excluding carboxylic acids is 1. The van der Waals surface area contributed by atoms with E-state index in [2.05, 4.69) is 4.98 Å². The second-order valence-corrected chi connectivity index (χ2v) is 3.08. The molecule has 0 atom stereocenters. The molecular weight excluding hydrogens is 170 g/mol. The minimum absolute atomic E-state index is 0.324. The summed E-state index contributed by atoms with van der Waals surface area (Å²) in [6, 6.07) is 3.20. The summed E-state index contributed by atoms with van der Waals surface area (Å²) < 4.78 is 4.70. The van der Waals surface area contributed by atoms with Gasteiger partial charge in [0, 0.05) is 26.2 Å². The zero-order valence-corrected chi connectivity index (χ0v) is 7.52. The van der Waals surface area contributed by atoms with Crippen molar-refractivity contribution in [1.29, 1.82) is 0 Å². The van der Waals surface area contributed by atoms with E-state index in [4.69, 9.17) is 4.74 Å². The summed E-state index contributed by atoms with van der Waals surface area (Å²) in [4.78, 5) is 15.0. The molecule has 0 saturated carbocycles. The molecule has 0 spiro atoms. The topological polar surface area (TPSA) is 59.4 Å². The molecule has 0 bridgehead atoms. The molecule has 4 heteroatoms. The lowest BCUT2D eigenvalue weighted by atomic mass is 10.3. The van der Waals surface area contributed by atoms with E-state index in [0.29, 0.717) is 5.56 Å². The molecule has 4 nitrogen and oxygen atoms in total. The average molecular weight is 181 g/mol. The Morgan fingerprint density at radius 1 is 1.62 bits per heavy atom. The molecule has 0 aliphatic rings. The van der Waals surface area contributed by atoms with Crippen LogP contribution in [0.5, 0.6) is 0 Å². The maximum Gasteiger partial charge on any atom is 0.342 e. The van der Waals surface area contributed by atoms with Crippen LogP contribution < -0.4 is 0 Å². The molecule has 13 heavy (non-hydrogen) atoms. The van der Waals surface area contributed by atoms with Crippen molar-refractivity contribution in [1.82, 2.24) is 4.98 Å². The molecule has 0 saturated heterocycles. The highest BCUT2D eigenvalue weighted by Crippen LogP contribution is 2.08. The van der Waals surface area contributed by atoms with Crippen molar-refractivity contribution in [2.75, 3.05) is 0 Å². The summed E-state index contributed by atoms with van der Waals surface area (Å²) in [5, 5.41) is 9.19. The molecule has 1 heterocycles. The fourth-order valence-electron chi connectivity index (χ4n) is 0.769. The molecule has 1 aromatic heterocycles. The Hall–Kier alpha value is -1.42. The smallest absolute Gasteiger partial charge is 0.342 e. The van der Waals surface area contributed by atoms with E-state index in [-0.39, 0.29) is 0 Å². The molecule has 0 amide bonds. The first kappa shape index (κ1) is 9.67. The summed E-state index contributed by atoms with van der Waals surface area (Å²) in [7, 11) is 0. The van der Waals surface area contributed by atoms with Crippen molar-refractivity contribution in [3.05, 3.63) is 30.1 Å². The molecule has 0 radical (unpaired) electrons. The zero-order chi connectivity index (χ0) is 9.90. The van der Waals surface area contributed by atoms with Gasteiger partial charge in [0.1, 0.15) is 0 Å². The Morgan fingerprint density at radius 3 is 2.77 bits per heavy atom. The lowest BCUT2D eigenvalue weighted by Gasteiger charge is -2.17. The molecule has 0 unspecified atom stereocenters. The van der Waals surface area contributed by atoms with Gasteiger partial charge in [0.2, 0.25) is 5.79 Å². The highest BCUT2D eigenvalue weighted by Gasteiger charge is 2.19. The van der Waals surface area contributed by atoms with Gasteiger partial charge < -0.3 is 9.84 Å². The SMILES string of the molecule is CC(C)(O)OC(=O)c1cccnc1. The van der Waals surface area contributed by atoms with Gasteiger partial charge in [-0.3, -0.25) is 4.98 Å². The summed E-state index contributed by atoms with van der Waals surface area (Å²) >= 11 is 0. The number of esters is 1. The first-order valence-corrected chi connectivity index (χ1v) is 3.85. The van der Waals surface area contributed by atoms with Gasteiger partial charge in [0.15, 0.2) is 0 Å². The van der Waals surface area contributed by atoms with Crippen LogP contribution in [0.25, 0.3) is 0 Å². The Bertz CT molecular complexity index is 289. The predicted molar refractivity (Wildman–Crippen MR) is 46.0 cm³/mol. The van der Waals surface area contributed by atoms with E-state index in [1.165, 1.54) is 20.0 Å². The van der Waals surface area contributed by atoms with Crippen molar-refractivity contribution in [2.24, 2.45) is 0 Å². The number of pyridine rings is 1. The number of hydrogen-bond acceptors (Lipinski definition) is 4. The van der Waals surface area contributed by atoms with Crippen LogP contribution in [-0.2, 0) is 4.74 Å². The first-order chi connectivity index (χ1) is 5.99. The number of aromatic nitrogens is 1. The number of aliphatic hydroxyl groups is 1. The quantitative estimate of drug-likeness (QED) is 0.545. The van der Waals surface area contributed by atoms with E-state index in [1.54, 1.807) is 18.3 Å². The molecule has 1 rings (SSSR count). The van der Waals surface area contributed by atoms with E-state index >= 15 is 0 Å². The van der Waals surface area contributed by atoms with Crippen LogP contribution in [0, 0.1) is 0 Å². The van der Waals surface area contributed by atoms with Gasteiger partial charge in [0.25, 0.3) is 0 Å². The van der Waals surface area contributed by atoms with Gasteiger partial charge in [0.05, 0.1) is 5.56 Å². The Kier molecular flexibility index (Phi) is 2.63. The number of ether oxygens (including phenoxy) is 1. The maximum atomic E-state index is 11.2. The molecule has 0 aromatic carbocycles. The highest BCUT2D eigenvalue weighted by atomic mass is 16.7. The predicted octanol–water partition coefficient (Wildman–Crippen LogP) is 0.967. The minimum Gasteiger partial charge on any atom is -0.430 e. The average Bonchev–Trinajstić information content (AvgIpc) is 2.03. The van der Waals surface area contributed by atoms with Crippen molar-refractivity contribution >= 4 is 5.97 Å². The third-order valence-electron chi connectivity index (χ3n) is 1.24.